The average Bonchev–Trinajstić information content (AvgIpc) is 2.74. The van der Waals surface area contributed by atoms with Crippen LogP contribution in [0.2, 0.25) is 0 Å². The number of furan rings is 1. The quantitative estimate of drug-likeness (QED) is 0.825. The van der Waals surface area contributed by atoms with Crippen LogP contribution in [0.25, 0.3) is 0 Å². The highest BCUT2D eigenvalue weighted by Crippen LogP contribution is 2.20. The van der Waals surface area contributed by atoms with Gasteiger partial charge < -0.3 is 9.32 Å². The lowest BCUT2D eigenvalue weighted by molar-refractivity contribution is 0.482. The summed E-state index contributed by atoms with van der Waals surface area (Å²) in [6, 6.07) is 12.0. The van der Waals surface area contributed by atoms with Crippen molar-refractivity contribution in [2.45, 2.75) is 20.4 Å². The van der Waals surface area contributed by atoms with Gasteiger partial charge in [-0.25, -0.2) is 0 Å². The number of hydrogen-bond donors (Lipinski definition) is 0. The topological polar surface area (TPSA) is 40.2 Å². The molecular weight excluding hydrogens is 224 g/mol. The Balaban J connectivity index is 2.16. The second-order valence-corrected chi connectivity index (χ2v) is 4.48. The van der Waals surface area contributed by atoms with Gasteiger partial charge in [0.15, 0.2) is 0 Å². The van der Waals surface area contributed by atoms with E-state index < -0.39 is 0 Å². The summed E-state index contributed by atoms with van der Waals surface area (Å²) in [5, 5.41) is 8.91. The lowest BCUT2D eigenvalue weighted by atomic mass is 10.1. The normalized spacial score (nSPS) is 10.1. The van der Waals surface area contributed by atoms with Crippen LogP contribution in [0.15, 0.2) is 34.7 Å². The van der Waals surface area contributed by atoms with E-state index in [1.165, 1.54) is 0 Å². The van der Waals surface area contributed by atoms with Gasteiger partial charge >= 0.3 is 0 Å². The summed E-state index contributed by atoms with van der Waals surface area (Å²) >= 11 is 0. The second-order valence-electron chi connectivity index (χ2n) is 4.48. The van der Waals surface area contributed by atoms with Gasteiger partial charge in [0.05, 0.1) is 18.2 Å². The first-order valence-corrected chi connectivity index (χ1v) is 5.87. The Morgan fingerprint density at radius 3 is 2.56 bits per heavy atom. The van der Waals surface area contributed by atoms with Crippen LogP contribution in [0.3, 0.4) is 0 Å². The zero-order valence-electron chi connectivity index (χ0n) is 10.9. The van der Waals surface area contributed by atoms with Gasteiger partial charge in [-0.2, -0.15) is 5.26 Å². The number of nitrogens with zero attached hydrogens (tertiary/aromatic N) is 2. The molecule has 0 aliphatic rings. The molecule has 18 heavy (non-hydrogen) atoms. The molecule has 0 atom stereocenters. The Hall–Kier alpha value is -2.21. The van der Waals surface area contributed by atoms with Gasteiger partial charge in [0.25, 0.3) is 0 Å². The monoisotopic (exact) mass is 240 g/mol. The summed E-state index contributed by atoms with van der Waals surface area (Å²) in [6.45, 7) is 4.61. The van der Waals surface area contributed by atoms with Gasteiger partial charge in [-0.1, -0.05) is 0 Å². The lowest BCUT2D eigenvalue weighted by Gasteiger charge is -2.18. The Morgan fingerprint density at radius 2 is 2.00 bits per heavy atom. The molecule has 0 N–H and O–H groups in total. The van der Waals surface area contributed by atoms with E-state index in [9.17, 15) is 0 Å². The minimum atomic E-state index is 0.721. The van der Waals surface area contributed by atoms with Crippen molar-refractivity contribution in [1.29, 1.82) is 5.26 Å². The molecule has 1 aromatic heterocycles. The third kappa shape index (κ3) is 2.54. The molecule has 0 saturated carbocycles. The van der Waals surface area contributed by atoms with Crippen LogP contribution in [0.5, 0.6) is 0 Å². The van der Waals surface area contributed by atoms with Crippen LogP contribution in [0.4, 0.5) is 5.69 Å². The Labute approximate surface area is 107 Å². The summed E-state index contributed by atoms with van der Waals surface area (Å²) < 4.78 is 5.56. The predicted molar refractivity (Wildman–Crippen MR) is 71.4 cm³/mol. The maximum absolute atomic E-state index is 8.91. The first-order chi connectivity index (χ1) is 8.60. The zero-order chi connectivity index (χ0) is 13.1. The number of anilines is 1. The van der Waals surface area contributed by atoms with Crippen LogP contribution < -0.4 is 4.90 Å². The van der Waals surface area contributed by atoms with Crippen LogP contribution in [0.1, 0.15) is 22.6 Å². The molecule has 1 heterocycles. The van der Waals surface area contributed by atoms with E-state index >= 15 is 0 Å². The first-order valence-electron chi connectivity index (χ1n) is 5.87. The van der Waals surface area contributed by atoms with Crippen LogP contribution in [0, 0.1) is 25.2 Å². The van der Waals surface area contributed by atoms with Gasteiger partial charge in [-0.15, -0.1) is 0 Å². The number of aryl methyl sites for hydroxylation is 2. The van der Waals surface area contributed by atoms with Crippen molar-refractivity contribution >= 4 is 5.69 Å². The summed E-state index contributed by atoms with van der Waals surface area (Å²) in [7, 11) is 2.01. The SMILES string of the molecule is Cc1ccc(CN(C)c2ccc(C#N)c(C)c2)o1. The van der Waals surface area contributed by atoms with Crippen molar-refractivity contribution < 1.29 is 4.42 Å². The Bertz CT molecular complexity index is 593. The maximum atomic E-state index is 8.91. The minimum Gasteiger partial charge on any atom is -0.464 e. The summed E-state index contributed by atoms with van der Waals surface area (Å²) in [6.07, 6.45) is 0. The van der Waals surface area contributed by atoms with Gasteiger partial charge in [0, 0.05) is 12.7 Å². The predicted octanol–water partition coefficient (Wildman–Crippen LogP) is 3.40. The highest BCUT2D eigenvalue weighted by Gasteiger charge is 2.07. The van der Waals surface area contributed by atoms with Crippen molar-refractivity contribution in [1.82, 2.24) is 0 Å². The molecule has 0 unspecified atom stereocenters. The molecule has 0 amide bonds. The molecule has 92 valence electrons. The molecule has 2 rings (SSSR count). The van der Waals surface area contributed by atoms with E-state index in [1.54, 1.807) is 0 Å². The summed E-state index contributed by atoms with van der Waals surface area (Å²) in [4.78, 5) is 2.10. The highest BCUT2D eigenvalue weighted by molar-refractivity contribution is 5.53. The van der Waals surface area contributed by atoms with E-state index in [4.69, 9.17) is 9.68 Å². The smallest absolute Gasteiger partial charge is 0.123 e. The third-order valence-corrected chi connectivity index (χ3v) is 2.96. The molecule has 2 aromatic rings. The van der Waals surface area contributed by atoms with Crippen molar-refractivity contribution in [3.63, 3.8) is 0 Å². The maximum Gasteiger partial charge on any atom is 0.123 e. The number of nitriles is 1. The number of benzene rings is 1. The molecule has 0 saturated heterocycles. The minimum absolute atomic E-state index is 0.721. The van der Waals surface area contributed by atoms with Crippen molar-refractivity contribution in [3.05, 3.63) is 53.0 Å². The molecule has 0 aliphatic heterocycles. The van der Waals surface area contributed by atoms with Crippen molar-refractivity contribution in [3.8, 4) is 6.07 Å². The second kappa shape index (κ2) is 4.97. The largest absolute Gasteiger partial charge is 0.464 e. The average molecular weight is 240 g/mol. The Kier molecular flexibility index (Phi) is 3.38. The molecule has 3 heteroatoms. The fraction of sp³-hybridized carbons (Fsp3) is 0.267. The molecule has 0 radical (unpaired) electrons. The molecule has 1 aromatic carbocycles. The van der Waals surface area contributed by atoms with E-state index in [2.05, 4.69) is 11.0 Å². The molecule has 0 bridgehead atoms. The van der Waals surface area contributed by atoms with Gasteiger partial charge in [-0.3, -0.25) is 0 Å². The van der Waals surface area contributed by atoms with Crippen LogP contribution in [-0.2, 0) is 6.54 Å². The Morgan fingerprint density at radius 1 is 1.22 bits per heavy atom. The lowest BCUT2D eigenvalue weighted by Crippen LogP contribution is -2.16. The van der Waals surface area contributed by atoms with Gasteiger partial charge in [-0.05, 0) is 49.7 Å². The van der Waals surface area contributed by atoms with E-state index in [0.29, 0.717) is 0 Å². The molecule has 3 nitrogen and oxygen atoms in total. The summed E-state index contributed by atoms with van der Waals surface area (Å²) in [5.74, 6) is 1.87. The fourth-order valence-electron chi connectivity index (χ4n) is 1.91. The third-order valence-electron chi connectivity index (χ3n) is 2.96. The number of rotatable bonds is 3. The summed E-state index contributed by atoms with van der Waals surface area (Å²) in [5.41, 5.74) is 2.80. The van der Waals surface area contributed by atoms with Gasteiger partial charge in [0.2, 0.25) is 0 Å². The highest BCUT2D eigenvalue weighted by atomic mass is 16.3. The standard InChI is InChI=1S/C15H16N2O/c1-11-8-14(6-5-13(11)9-16)17(3)10-15-7-4-12(2)18-15/h4-8H,10H2,1-3H3. The molecule has 0 fully saturated rings. The van der Waals surface area contributed by atoms with E-state index in [0.717, 1.165) is 34.9 Å². The van der Waals surface area contributed by atoms with E-state index in [1.807, 2.05) is 51.2 Å². The van der Waals surface area contributed by atoms with Gasteiger partial charge in [0.1, 0.15) is 11.5 Å². The van der Waals surface area contributed by atoms with Crippen molar-refractivity contribution in [2.75, 3.05) is 11.9 Å². The number of hydrogen-bond acceptors (Lipinski definition) is 3. The molecule has 0 aliphatic carbocycles. The van der Waals surface area contributed by atoms with Crippen LogP contribution in [-0.4, -0.2) is 7.05 Å². The van der Waals surface area contributed by atoms with Crippen molar-refractivity contribution in [2.24, 2.45) is 0 Å². The fourth-order valence-corrected chi connectivity index (χ4v) is 1.91. The molecule has 0 spiro atoms. The van der Waals surface area contributed by atoms with Crippen LogP contribution >= 0.6 is 0 Å². The first kappa shape index (κ1) is 12.3. The molecular formula is C15H16N2O. The zero-order valence-corrected chi connectivity index (χ0v) is 10.9. The van der Waals surface area contributed by atoms with E-state index in [-0.39, 0.29) is 0 Å².